The maximum Gasteiger partial charge on any atom is 0.343 e. The number of amides is 3. The van der Waals surface area contributed by atoms with E-state index in [1.54, 1.807) is 30.3 Å². The number of Topliss-reactive ketones (excluding diaryl/α,β-unsaturated/α-hetero) is 1. The van der Waals surface area contributed by atoms with Crippen molar-refractivity contribution in [1.82, 2.24) is 10.0 Å². The van der Waals surface area contributed by atoms with Gasteiger partial charge >= 0.3 is 5.97 Å². The van der Waals surface area contributed by atoms with E-state index in [1.165, 1.54) is 36.4 Å². The van der Waals surface area contributed by atoms with Crippen LogP contribution in [0.3, 0.4) is 0 Å². The number of hydrazine groups is 1. The third-order valence-corrected chi connectivity index (χ3v) is 7.66. The zero-order valence-electron chi connectivity index (χ0n) is 22.7. The lowest BCUT2D eigenvalue weighted by atomic mass is 9.76. The molecule has 2 fully saturated rings. The number of ketones is 1. The van der Waals surface area contributed by atoms with Gasteiger partial charge in [-0.15, -0.1) is 0 Å². The summed E-state index contributed by atoms with van der Waals surface area (Å²) in [6.45, 7) is 1.37. The largest absolute Gasteiger partial charge is 0.423 e. The number of esters is 1. The molecule has 1 saturated heterocycles. The molecule has 0 spiro atoms. The SMILES string of the molecule is C[C@@H]1CC[C@H]2C(=O)N(N(CC(=O)c3ccc(OC(=O)c4ccccc4)cc3)C(=O)c3ccc([N+](=O)[O-])cc3)C(=O)[C@H]2C1. The maximum atomic E-state index is 13.7. The standard InChI is InChI=1S/C31H27N3O8/c1-19-7-16-25-26(17-19)30(38)33(29(25)37)32(28(36)21-8-12-23(13-9-21)34(40)41)18-27(35)20-10-14-24(15-11-20)42-31(39)22-5-3-2-4-6-22/h2-6,8-15,19,25-26H,7,16-18H2,1H3/t19-,25-,26+/m1/s1. The number of ether oxygens (including phenoxy) is 1. The van der Waals surface area contributed by atoms with Crippen LogP contribution in [0, 0.1) is 27.9 Å². The topological polar surface area (TPSA) is 144 Å². The first kappa shape index (κ1) is 28.3. The van der Waals surface area contributed by atoms with Gasteiger partial charge in [0.25, 0.3) is 23.4 Å². The van der Waals surface area contributed by atoms with Gasteiger partial charge in [0.05, 0.1) is 22.3 Å². The third-order valence-electron chi connectivity index (χ3n) is 7.66. The summed E-state index contributed by atoms with van der Waals surface area (Å²) >= 11 is 0. The van der Waals surface area contributed by atoms with E-state index >= 15 is 0 Å². The Morgan fingerprint density at radius 2 is 1.48 bits per heavy atom. The van der Waals surface area contributed by atoms with Gasteiger partial charge < -0.3 is 4.74 Å². The molecule has 1 saturated carbocycles. The molecule has 0 radical (unpaired) electrons. The first-order chi connectivity index (χ1) is 20.1. The molecule has 3 atom stereocenters. The highest BCUT2D eigenvalue weighted by Crippen LogP contribution is 2.41. The molecule has 1 aliphatic carbocycles. The number of rotatable bonds is 8. The molecular formula is C31H27N3O8. The van der Waals surface area contributed by atoms with Crippen LogP contribution in [0.5, 0.6) is 5.75 Å². The number of non-ortho nitro benzene ring substituents is 1. The fraction of sp³-hybridized carbons (Fsp3) is 0.258. The molecular weight excluding hydrogens is 542 g/mol. The zero-order valence-corrected chi connectivity index (χ0v) is 22.7. The summed E-state index contributed by atoms with van der Waals surface area (Å²) in [5.74, 6) is -3.77. The molecule has 1 heterocycles. The Balaban J connectivity index is 1.39. The van der Waals surface area contributed by atoms with Gasteiger partial charge in [-0.3, -0.25) is 29.3 Å². The molecule has 3 aromatic carbocycles. The fourth-order valence-electron chi connectivity index (χ4n) is 5.39. The number of nitro groups is 1. The van der Waals surface area contributed by atoms with Crippen molar-refractivity contribution < 1.29 is 33.6 Å². The van der Waals surface area contributed by atoms with Crippen molar-refractivity contribution in [2.75, 3.05) is 6.54 Å². The fourth-order valence-corrected chi connectivity index (χ4v) is 5.39. The molecule has 42 heavy (non-hydrogen) atoms. The van der Waals surface area contributed by atoms with E-state index in [-0.39, 0.29) is 28.5 Å². The number of fused-ring (bicyclic) bond motifs is 1. The molecule has 214 valence electrons. The molecule has 11 heteroatoms. The van der Waals surface area contributed by atoms with Gasteiger partial charge in [-0.2, -0.15) is 5.01 Å². The molecule has 0 bridgehead atoms. The average Bonchev–Trinajstić information content (AvgIpc) is 3.24. The molecule has 11 nitrogen and oxygen atoms in total. The molecule has 3 amide bonds. The minimum absolute atomic E-state index is 0.0274. The summed E-state index contributed by atoms with van der Waals surface area (Å²) < 4.78 is 5.35. The lowest BCUT2D eigenvalue weighted by Gasteiger charge is -2.30. The van der Waals surface area contributed by atoms with Gasteiger partial charge in [0.15, 0.2) is 5.78 Å². The van der Waals surface area contributed by atoms with E-state index in [1.807, 2.05) is 6.92 Å². The van der Waals surface area contributed by atoms with Crippen molar-refractivity contribution in [1.29, 1.82) is 0 Å². The normalized spacial score (nSPS) is 19.6. The van der Waals surface area contributed by atoms with E-state index in [0.717, 1.165) is 28.6 Å². The lowest BCUT2D eigenvalue weighted by Crippen LogP contribution is -2.52. The van der Waals surface area contributed by atoms with Crippen molar-refractivity contribution in [3.63, 3.8) is 0 Å². The second kappa shape index (κ2) is 11.7. The van der Waals surface area contributed by atoms with Crippen molar-refractivity contribution in [2.24, 2.45) is 17.8 Å². The number of carbonyl (C=O) groups is 5. The monoisotopic (exact) mass is 569 g/mol. The van der Waals surface area contributed by atoms with Crippen LogP contribution in [-0.4, -0.2) is 51.0 Å². The number of carbonyl (C=O) groups excluding carboxylic acids is 5. The van der Waals surface area contributed by atoms with Gasteiger partial charge in [-0.05, 0) is 73.7 Å². The number of hydrogen-bond donors (Lipinski definition) is 0. The van der Waals surface area contributed by atoms with Crippen LogP contribution in [0.25, 0.3) is 0 Å². The second-order valence-corrected chi connectivity index (χ2v) is 10.5. The Hall–Kier alpha value is -5.19. The minimum Gasteiger partial charge on any atom is -0.423 e. The highest BCUT2D eigenvalue weighted by molar-refractivity contribution is 6.09. The highest BCUT2D eigenvalue weighted by atomic mass is 16.6. The maximum absolute atomic E-state index is 13.7. The van der Waals surface area contributed by atoms with Crippen molar-refractivity contribution in [3.8, 4) is 5.75 Å². The third kappa shape index (κ3) is 5.67. The summed E-state index contributed by atoms with van der Waals surface area (Å²) in [7, 11) is 0. The van der Waals surface area contributed by atoms with Crippen LogP contribution in [0.1, 0.15) is 57.3 Å². The van der Waals surface area contributed by atoms with Crippen molar-refractivity contribution in [2.45, 2.75) is 26.2 Å². The van der Waals surface area contributed by atoms with E-state index in [0.29, 0.717) is 18.4 Å². The van der Waals surface area contributed by atoms with Crippen LogP contribution in [0.2, 0.25) is 0 Å². The second-order valence-electron chi connectivity index (χ2n) is 10.5. The number of nitro benzene ring substituents is 1. The summed E-state index contributed by atoms with van der Waals surface area (Å²) in [6, 6.07) is 18.8. The van der Waals surface area contributed by atoms with Crippen LogP contribution < -0.4 is 4.74 Å². The molecule has 2 aliphatic rings. The predicted molar refractivity (Wildman–Crippen MR) is 148 cm³/mol. The summed E-state index contributed by atoms with van der Waals surface area (Å²) in [6.07, 6.45) is 1.77. The van der Waals surface area contributed by atoms with Crippen LogP contribution in [-0.2, 0) is 9.59 Å². The van der Waals surface area contributed by atoms with E-state index in [2.05, 4.69) is 0 Å². The van der Waals surface area contributed by atoms with Crippen LogP contribution >= 0.6 is 0 Å². The Morgan fingerprint density at radius 1 is 0.857 bits per heavy atom. The smallest absolute Gasteiger partial charge is 0.343 e. The first-order valence-electron chi connectivity index (χ1n) is 13.5. The molecule has 0 unspecified atom stereocenters. The quantitative estimate of drug-likeness (QED) is 0.0965. The number of hydrogen-bond acceptors (Lipinski definition) is 8. The Kier molecular flexibility index (Phi) is 7.92. The summed E-state index contributed by atoms with van der Waals surface area (Å²) in [4.78, 5) is 76.7. The zero-order chi connectivity index (χ0) is 30.0. The minimum atomic E-state index is -0.819. The number of benzene rings is 3. The highest BCUT2D eigenvalue weighted by Gasteiger charge is 2.52. The van der Waals surface area contributed by atoms with Gasteiger partial charge in [0.1, 0.15) is 12.3 Å². The average molecular weight is 570 g/mol. The lowest BCUT2D eigenvalue weighted by molar-refractivity contribution is -0.384. The first-order valence-corrected chi connectivity index (χ1v) is 13.5. The number of imide groups is 1. The predicted octanol–water partition coefficient (Wildman–Crippen LogP) is 4.48. The molecule has 0 N–H and O–H groups in total. The molecule has 5 rings (SSSR count). The van der Waals surface area contributed by atoms with Gasteiger partial charge in [-0.25, -0.2) is 9.80 Å². The summed E-state index contributed by atoms with van der Waals surface area (Å²) in [5, 5.41) is 12.7. The van der Waals surface area contributed by atoms with Crippen LogP contribution in [0.15, 0.2) is 78.9 Å². The van der Waals surface area contributed by atoms with Crippen molar-refractivity contribution >= 4 is 35.2 Å². The van der Waals surface area contributed by atoms with Crippen molar-refractivity contribution in [3.05, 3.63) is 106 Å². The van der Waals surface area contributed by atoms with Gasteiger partial charge in [0, 0.05) is 23.3 Å². The summed E-state index contributed by atoms with van der Waals surface area (Å²) in [5.41, 5.74) is 0.241. The van der Waals surface area contributed by atoms with Crippen LogP contribution in [0.4, 0.5) is 5.69 Å². The van der Waals surface area contributed by atoms with Gasteiger partial charge in [-0.1, -0.05) is 25.1 Å². The Bertz CT molecular complexity index is 1550. The molecule has 0 aromatic heterocycles. The Labute approximate surface area is 240 Å². The van der Waals surface area contributed by atoms with E-state index in [4.69, 9.17) is 4.74 Å². The number of nitrogens with zero attached hydrogens (tertiary/aromatic N) is 3. The van der Waals surface area contributed by atoms with Gasteiger partial charge in [0.2, 0.25) is 0 Å². The molecule has 1 aliphatic heterocycles. The van der Waals surface area contributed by atoms with E-state index in [9.17, 15) is 34.1 Å². The Morgan fingerprint density at radius 3 is 2.12 bits per heavy atom. The van der Waals surface area contributed by atoms with E-state index < -0.39 is 52.8 Å². The molecule has 3 aromatic rings.